The predicted octanol–water partition coefficient (Wildman–Crippen LogP) is 2.39. The summed E-state index contributed by atoms with van der Waals surface area (Å²) in [4.78, 5) is 38.0. The summed E-state index contributed by atoms with van der Waals surface area (Å²) < 4.78 is 6.82. The monoisotopic (exact) mass is 378 g/mol. The van der Waals surface area contributed by atoms with E-state index in [1.807, 2.05) is 0 Å². The van der Waals surface area contributed by atoms with Gasteiger partial charge in [-0.25, -0.2) is 14.6 Å². The van der Waals surface area contributed by atoms with Gasteiger partial charge in [-0.2, -0.15) is 0 Å². The number of fused-ring (bicyclic) bond motifs is 1. The van der Waals surface area contributed by atoms with Gasteiger partial charge < -0.3 is 19.7 Å². The Morgan fingerprint density at radius 2 is 2.07 bits per heavy atom. The summed E-state index contributed by atoms with van der Waals surface area (Å²) in [6, 6.07) is 3.20. The van der Waals surface area contributed by atoms with Crippen molar-refractivity contribution in [2.24, 2.45) is 7.05 Å². The molecule has 2 N–H and O–H groups in total. The summed E-state index contributed by atoms with van der Waals surface area (Å²) in [5.74, 6) is -0.627. The van der Waals surface area contributed by atoms with Crippen LogP contribution in [0.1, 0.15) is 33.0 Å². The quantitative estimate of drug-likeness (QED) is 0.581. The molecule has 0 radical (unpaired) electrons. The minimum Gasteiger partial charge on any atom is -0.480 e. The minimum atomic E-state index is -1.18. The Kier molecular flexibility index (Phi) is 5.67. The third-order valence-corrected chi connectivity index (χ3v) is 3.81. The molecule has 0 saturated carbocycles. The number of non-ortho nitro benzene ring substituents is 1. The molecule has 1 heterocycles. The van der Waals surface area contributed by atoms with Crippen molar-refractivity contribution < 1.29 is 24.4 Å². The maximum absolute atomic E-state index is 11.8. The van der Waals surface area contributed by atoms with E-state index in [0.717, 1.165) is 0 Å². The molecule has 27 heavy (non-hydrogen) atoms. The predicted molar refractivity (Wildman–Crippen MR) is 96.5 cm³/mol. The number of rotatable bonds is 6. The molecule has 0 unspecified atom stereocenters. The molecule has 1 amide bonds. The van der Waals surface area contributed by atoms with Crippen LogP contribution in [0.3, 0.4) is 0 Å². The molecule has 2 rings (SSSR count). The third-order valence-electron chi connectivity index (χ3n) is 3.81. The number of nitro groups is 1. The fourth-order valence-corrected chi connectivity index (χ4v) is 2.56. The number of carboxylic acids is 1. The van der Waals surface area contributed by atoms with Crippen molar-refractivity contribution in [1.29, 1.82) is 0 Å². The Labute approximate surface area is 155 Å². The highest BCUT2D eigenvalue weighted by atomic mass is 16.6. The lowest BCUT2D eigenvalue weighted by Gasteiger charge is -2.22. The Hall–Kier alpha value is -3.17. The van der Waals surface area contributed by atoms with E-state index in [9.17, 15) is 24.8 Å². The van der Waals surface area contributed by atoms with Crippen LogP contribution in [0.2, 0.25) is 0 Å². The lowest BCUT2D eigenvalue weighted by Crippen LogP contribution is -2.43. The third kappa shape index (κ3) is 5.16. The number of carbonyl (C=O) groups excluding carboxylic acids is 1. The van der Waals surface area contributed by atoms with E-state index >= 15 is 0 Å². The Morgan fingerprint density at radius 1 is 1.41 bits per heavy atom. The maximum atomic E-state index is 11.8. The van der Waals surface area contributed by atoms with Gasteiger partial charge in [0.25, 0.3) is 5.69 Å². The van der Waals surface area contributed by atoms with Crippen molar-refractivity contribution in [3.05, 3.63) is 34.1 Å². The second kappa shape index (κ2) is 7.60. The molecule has 0 aliphatic heterocycles. The van der Waals surface area contributed by atoms with Crippen LogP contribution in [0.25, 0.3) is 11.0 Å². The topological polar surface area (TPSA) is 137 Å². The fourth-order valence-electron chi connectivity index (χ4n) is 2.56. The van der Waals surface area contributed by atoms with Crippen LogP contribution in [0, 0.1) is 10.1 Å². The lowest BCUT2D eigenvalue weighted by atomic mass is 10.1. The van der Waals surface area contributed by atoms with Crippen LogP contribution in [0.4, 0.5) is 10.5 Å². The van der Waals surface area contributed by atoms with Crippen molar-refractivity contribution in [3.8, 4) is 0 Å². The number of hydrogen-bond acceptors (Lipinski definition) is 6. The number of nitro benzene ring substituents is 1. The van der Waals surface area contributed by atoms with Gasteiger partial charge in [-0.1, -0.05) is 0 Å². The number of aryl methyl sites for hydroxylation is 2. The summed E-state index contributed by atoms with van der Waals surface area (Å²) >= 11 is 0. The van der Waals surface area contributed by atoms with E-state index in [1.165, 1.54) is 12.1 Å². The van der Waals surface area contributed by atoms with Crippen LogP contribution < -0.4 is 5.32 Å². The van der Waals surface area contributed by atoms with Gasteiger partial charge in [-0.15, -0.1) is 0 Å². The molecule has 10 nitrogen and oxygen atoms in total. The number of benzene rings is 1. The normalized spacial score (nSPS) is 12.6. The number of nitrogens with zero attached hydrogens (tertiary/aromatic N) is 3. The smallest absolute Gasteiger partial charge is 0.408 e. The Bertz CT molecular complexity index is 883. The van der Waals surface area contributed by atoms with Gasteiger partial charge in [-0.05, 0) is 33.3 Å². The highest BCUT2D eigenvalue weighted by Crippen LogP contribution is 2.22. The molecule has 1 aromatic carbocycles. The lowest BCUT2D eigenvalue weighted by molar-refractivity contribution is -0.384. The van der Waals surface area contributed by atoms with E-state index in [1.54, 1.807) is 38.5 Å². The molecule has 1 atom stereocenters. The SMILES string of the molecule is Cn1c(CC[C@@H](NC(=O)OC(C)(C)C)C(=O)O)nc2cc([N+](=O)[O-])ccc21. The van der Waals surface area contributed by atoms with Crippen LogP contribution >= 0.6 is 0 Å². The number of amides is 1. The zero-order chi connectivity index (χ0) is 20.4. The number of aliphatic carboxylic acids is 1. The zero-order valence-corrected chi connectivity index (χ0v) is 15.6. The second-order valence-electron chi connectivity index (χ2n) is 7.09. The van der Waals surface area contributed by atoms with E-state index in [4.69, 9.17) is 4.74 Å². The molecule has 0 bridgehead atoms. The van der Waals surface area contributed by atoms with Gasteiger partial charge in [0.15, 0.2) is 0 Å². The number of carboxylic acid groups (broad SMARTS) is 1. The van der Waals surface area contributed by atoms with Crippen LogP contribution in [0.15, 0.2) is 18.2 Å². The second-order valence-corrected chi connectivity index (χ2v) is 7.09. The van der Waals surface area contributed by atoms with Gasteiger partial charge in [0.2, 0.25) is 0 Å². The number of carbonyl (C=O) groups is 2. The summed E-state index contributed by atoms with van der Waals surface area (Å²) in [6.45, 7) is 5.04. The molecule has 1 aromatic heterocycles. The summed E-state index contributed by atoms with van der Waals surface area (Å²) in [5, 5.41) is 22.5. The number of hydrogen-bond donors (Lipinski definition) is 2. The van der Waals surface area contributed by atoms with Crippen molar-refractivity contribution in [1.82, 2.24) is 14.9 Å². The van der Waals surface area contributed by atoms with Crippen LogP contribution in [-0.2, 0) is 23.0 Å². The number of nitrogens with one attached hydrogen (secondary N) is 1. The number of imidazole rings is 1. The highest BCUT2D eigenvalue weighted by molar-refractivity contribution is 5.80. The van der Waals surface area contributed by atoms with Crippen LogP contribution in [-0.4, -0.2) is 43.3 Å². The first-order chi connectivity index (χ1) is 12.5. The first-order valence-electron chi connectivity index (χ1n) is 8.30. The number of alkyl carbamates (subject to hydrolysis) is 1. The van der Waals surface area contributed by atoms with E-state index in [-0.39, 0.29) is 18.5 Å². The molecule has 146 valence electrons. The number of aromatic nitrogens is 2. The van der Waals surface area contributed by atoms with E-state index < -0.39 is 28.6 Å². The van der Waals surface area contributed by atoms with Gasteiger partial charge in [-0.3, -0.25) is 10.1 Å². The number of ether oxygens (including phenoxy) is 1. The van der Waals surface area contributed by atoms with Crippen molar-refractivity contribution >= 4 is 28.8 Å². The fraction of sp³-hybridized carbons (Fsp3) is 0.471. The average molecular weight is 378 g/mol. The standard InChI is InChI=1S/C17H22N4O6/c1-17(2,3)27-16(24)19-11(15(22)23)6-8-14-18-12-9-10(21(25)26)5-7-13(12)20(14)4/h5,7,9,11H,6,8H2,1-4H3,(H,19,24)(H,22,23)/t11-/m1/s1. The largest absolute Gasteiger partial charge is 0.480 e. The zero-order valence-electron chi connectivity index (χ0n) is 15.6. The highest BCUT2D eigenvalue weighted by Gasteiger charge is 2.24. The van der Waals surface area contributed by atoms with Crippen molar-refractivity contribution in [3.63, 3.8) is 0 Å². The molecule has 10 heteroatoms. The molecule has 0 aliphatic carbocycles. The molecule has 2 aromatic rings. The summed E-state index contributed by atoms with van der Waals surface area (Å²) in [7, 11) is 1.74. The summed E-state index contributed by atoms with van der Waals surface area (Å²) in [6.07, 6.45) is -0.463. The first kappa shape index (κ1) is 20.1. The maximum Gasteiger partial charge on any atom is 0.408 e. The Balaban J connectivity index is 2.12. The van der Waals surface area contributed by atoms with E-state index in [0.29, 0.717) is 16.9 Å². The first-order valence-corrected chi connectivity index (χ1v) is 8.30. The van der Waals surface area contributed by atoms with Gasteiger partial charge in [0.05, 0.1) is 16.0 Å². The van der Waals surface area contributed by atoms with Crippen molar-refractivity contribution in [2.45, 2.75) is 45.3 Å². The molecule has 0 saturated heterocycles. The van der Waals surface area contributed by atoms with Gasteiger partial charge >= 0.3 is 12.1 Å². The van der Waals surface area contributed by atoms with Crippen molar-refractivity contribution in [2.75, 3.05) is 0 Å². The minimum absolute atomic E-state index is 0.0674. The van der Waals surface area contributed by atoms with Gasteiger partial charge in [0, 0.05) is 25.6 Å². The molecular formula is C17H22N4O6. The van der Waals surface area contributed by atoms with E-state index in [2.05, 4.69) is 10.3 Å². The van der Waals surface area contributed by atoms with Gasteiger partial charge in [0.1, 0.15) is 17.5 Å². The molecule has 0 fully saturated rings. The molecular weight excluding hydrogens is 356 g/mol. The Morgan fingerprint density at radius 3 is 2.63 bits per heavy atom. The average Bonchev–Trinajstić information content (AvgIpc) is 2.85. The summed E-state index contributed by atoms with van der Waals surface area (Å²) in [5.41, 5.74) is 0.345. The van der Waals surface area contributed by atoms with Crippen LogP contribution in [0.5, 0.6) is 0 Å². The molecule has 0 aliphatic rings. The molecule has 0 spiro atoms.